The molecule has 0 spiro atoms. The number of nitrogens with two attached hydrogens (primary N) is 1. The van der Waals surface area contributed by atoms with E-state index in [1.54, 1.807) is 0 Å². The van der Waals surface area contributed by atoms with E-state index in [1.165, 1.54) is 21.6 Å². The molecule has 0 amide bonds. The van der Waals surface area contributed by atoms with Gasteiger partial charge in [0.1, 0.15) is 0 Å². The van der Waals surface area contributed by atoms with Crippen LogP contribution in [0.3, 0.4) is 0 Å². The molecule has 0 saturated heterocycles. The first-order valence-corrected chi connectivity index (χ1v) is 7.64. The summed E-state index contributed by atoms with van der Waals surface area (Å²) in [7, 11) is 0. The summed E-state index contributed by atoms with van der Waals surface area (Å²) in [6.45, 7) is 2.71. The molecule has 94 valence electrons. The van der Waals surface area contributed by atoms with Gasteiger partial charge in [-0.3, -0.25) is 0 Å². The van der Waals surface area contributed by atoms with Gasteiger partial charge in [-0.1, -0.05) is 51.8 Å². The summed E-state index contributed by atoms with van der Waals surface area (Å²) < 4.78 is 1.10. The SMILES string of the molecule is Cc1cccc(CSc2cc(Br)ccc2CN)c1. The molecular weight excluding hydrogens is 306 g/mol. The minimum atomic E-state index is 0.587. The summed E-state index contributed by atoms with van der Waals surface area (Å²) in [4.78, 5) is 1.26. The Kier molecular flexibility index (Phi) is 4.87. The predicted molar refractivity (Wildman–Crippen MR) is 82.8 cm³/mol. The van der Waals surface area contributed by atoms with Gasteiger partial charge in [-0.25, -0.2) is 0 Å². The maximum absolute atomic E-state index is 5.77. The Morgan fingerprint density at radius 2 is 2.00 bits per heavy atom. The molecule has 0 atom stereocenters. The van der Waals surface area contributed by atoms with Crippen LogP contribution in [0.1, 0.15) is 16.7 Å². The first-order valence-electron chi connectivity index (χ1n) is 5.86. The average Bonchev–Trinajstić information content (AvgIpc) is 2.37. The number of halogens is 1. The van der Waals surface area contributed by atoms with E-state index < -0.39 is 0 Å². The molecule has 18 heavy (non-hydrogen) atoms. The summed E-state index contributed by atoms with van der Waals surface area (Å²) in [5, 5.41) is 0. The largest absolute Gasteiger partial charge is 0.326 e. The second-order valence-electron chi connectivity index (χ2n) is 4.23. The highest BCUT2D eigenvalue weighted by atomic mass is 79.9. The zero-order valence-corrected chi connectivity index (χ0v) is 12.7. The Labute approximate surface area is 121 Å². The molecule has 1 nitrogen and oxygen atoms in total. The molecule has 0 radical (unpaired) electrons. The average molecular weight is 322 g/mol. The van der Waals surface area contributed by atoms with Gasteiger partial charge in [0.15, 0.2) is 0 Å². The Morgan fingerprint density at radius 1 is 1.17 bits per heavy atom. The van der Waals surface area contributed by atoms with Crippen molar-refractivity contribution >= 4 is 27.7 Å². The van der Waals surface area contributed by atoms with Crippen LogP contribution in [0.25, 0.3) is 0 Å². The van der Waals surface area contributed by atoms with Crippen LogP contribution >= 0.6 is 27.7 Å². The van der Waals surface area contributed by atoms with Crippen LogP contribution in [0.5, 0.6) is 0 Å². The van der Waals surface area contributed by atoms with Crippen LogP contribution in [0.2, 0.25) is 0 Å². The minimum Gasteiger partial charge on any atom is -0.326 e. The molecule has 0 fully saturated rings. The van der Waals surface area contributed by atoms with E-state index in [0.717, 1.165) is 10.2 Å². The van der Waals surface area contributed by atoms with E-state index in [-0.39, 0.29) is 0 Å². The fourth-order valence-corrected chi connectivity index (χ4v) is 3.36. The normalized spacial score (nSPS) is 10.6. The lowest BCUT2D eigenvalue weighted by molar-refractivity contribution is 1.02. The fourth-order valence-electron chi connectivity index (χ4n) is 1.79. The summed E-state index contributed by atoms with van der Waals surface area (Å²) in [5.74, 6) is 0.977. The van der Waals surface area contributed by atoms with Crippen LogP contribution in [0.4, 0.5) is 0 Å². The van der Waals surface area contributed by atoms with Gasteiger partial charge in [0, 0.05) is 21.7 Å². The number of thioether (sulfide) groups is 1. The van der Waals surface area contributed by atoms with E-state index in [0.29, 0.717) is 6.54 Å². The molecule has 0 aliphatic carbocycles. The predicted octanol–water partition coefficient (Wildman–Crippen LogP) is 4.51. The van der Waals surface area contributed by atoms with Crippen LogP contribution in [-0.2, 0) is 12.3 Å². The van der Waals surface area contributed by atoms with E-state index in [1.807, 2.05) is 17.8 Å². The summed E-state index contributed by atoms with van der Waals surface area (Å²) >= 11 is 5.35. The Morgan fingerprint density at radius 3 is 2.72 bits per heavy atom. The molecule has 2 rings (SSSR count). The smallest absolute Gasteiger partial charge is 0.0232 e. The lowest BCUT2D eigenvalue weighted by Gasteiger charge is -2.08. The second-order valence-corrected chi connectivity index (χ2v) is 6.17. The molecule has 2 aromatic rings. The van der Waals surface area contributed by atoms with Crippen LogP contribution in [0, 0.1) is 6.92 Å². The summed E-state index contributed by atoms with van der Waals surface area (Å²) in [6.07, 6.45) is 0. The maximum atomic E-state index is 5.77. The number of hydrogen-bond acceptors (Lipinski definition) is 2. The van der Waals surface area contributed by atoms with Crippen LogP contribution in [-0.4, -0.2) is 0 Å². The molecule has 2 N–H and O–H groups in total. The first kappa shape index (κ1) is 13.7. The first-order chi connectivity index (χ1) is 8.69. The van der Waals surface area contributed by atoms with E-state index in [4.69, 9.17) is 5.73 Å². The second kappa shape index (κ2) is 6.41. The quantitative estimate of drug-likeness (QED) is 0.838. The van der Waals surface area contributed by atoms with Gasteiger partial charge in [0.05, 0.1) is 0 Å². The Hall–Kier alpha value is -0.770. The topological polar surface area (TPSA) is 26.0 Å². The van der Waals surface area contributed by atoms with Crippen LogP contribution in [0.15, 0.2) is 51.8 Å². The minimum absolute atomic E-state index is 0.587. The highest BCUT2D eigenvalue weighted by molar-refractivity contribution is 9.10. The van der Waals surface area contributed by atoms with Gasteiger partial charge in [0.25, 0.3) is 0 Å². The molecule has 2 aromatic carbocycles. The van der Waals surface area contributed by atoms with Gasteiger partial charge >= 0.3 is 0 Å². The van der Waals surface area contributed by atoms with Crippen molar-refractivity contribution in [2.45, 2.75) is 24.1 Å². The van der Waals surface area contributed by atoms with Crippen molar-refractivity contribution in [2.75, 3.05) is 0 Å². The molecule has 0 aromatic heterocycles. The molecule has 0 unspecified atom stereocenters. The molecule has 0 aliphatic rings. The van der Waals surface area contributed by atoms with Crippen LogP contribution < -0.4 is 5.73 Å². The molecular formula is C15H16BrNS. The Bertz CT molecular complexity index is 540. The molecule has 0 heterocycles. The van der Waals surface area contributed by atoms with Crippen molar-refractivity contribution in [3.8, 4) is 0 Å². The number of benzene rings is 2. The highest BCUT2D eigenvalue weighted by Crippen LogP contribution is 2.29. The number of aryl methyl sites for hydroxylation is 1. The van der Waals surface area contributed by atoms with Crippen molar-refractivity contribution in [1.29, 1.82) is 0 Å². The number of rotatable bonds is 4. The van der Waals surface area contributed by atoms with Gasteiger partial charge in [-0.2, -0.15) is 0 Å². The van der Waals surface area contributed by atoms with E-state index in [9.17, 15) is 0 Å². The zero-order valence-electron chi connectivity index (χ0n) is 10.3. The van der Waals surface area contributed by atoms with E-state index >= 15 is 0 Å². The summed E-state index contributed by atoms with van der Waals surface area (Å²) in [5.41, 5.74) is 9.63. The van der Waals surface area contributed by atoms with Crippen molar-refractivity contribution in [1.82, 2.24) is 0 Å². The Balaban J connectivity index is 2.12. The third-order valence-corrected chi connectivity index (χ3v) is 4.39. The monoisotopic (exact) mass is 321 g/mol. The molecule has 0 bridgehead atoms. The van der Waals surface area contributed by atoms with E-state index in [2.05, 4.69) is 59.3 Å². The molecule has 0 aliphatic heterocycles. The van der Waals surface area contributed by atoms with Gasteiger partial charge < -0.3 is 5.73 Å². The lowest BCUT2D eigenvalue weighted by Crippen LogP contribution is -1.98. The van der Waals surface area contributed by atoms with Gasteiger partial charge in [0.2, 0.25) is 0 Å². The van der Waals surface area contributed by atoms with Gasteiger partial charge in [-0.15, -0.1) is 11.8 Å². The van der Waals surface area contributed by atoms with Crippen molar-refractivity contribution in [3.05, 3.63) is 63.6 Å². The van der Waals surface area contributed by atoms with Crippen molar-refractivity contribution in [3.63, 3.8) is 0 Å². The maximum Gasteiger partial charge on any atom is 0.0232 e. The third-order valence-electron chi connectivity index (χ3n) is 2.73. The molecule has 0 saturated carbocycles. The third kappa shape index (κ3) is 3.61. The van der Waals surface area contributed by atoms with Crippen molar-refractivity contribution < 1.29 is 0 Å². The zero-order chi connectivity index (χ0) is 13.0. The fraction of sp³-hybridized carbons (Fsp3) is 0.200. The molecule has 3 heteroatoms. The lowest BCUT2D eigenvalue weighted by atomic mass is 10.2. The number of hydrogen-bond donors (Lipinski definition) is 1. The van der Waals surface area contributed by atoms with Gasteiger partial charge in [-0.05, 0) is 30.2 Å². The highest BCUT2D eigenvalue weighted by Gasteiger charge is 2.03. The standard InChI is InChI=1S/C15H16BrNS/c1-11-3-2-4-12(7-11)10-18-15-8-14(16)6-5-13(15)9-17/h2-8H,9-10,17H2,1H3. The summed E-state index contributed by atoms with van der Waals surface area (Å²) in [6, 6.07) is 14.9. The van der Waals surface area contributed by atoms with Crippen molar-refractivity contribution in [2.24, 2.45) is 5.73 Å².